The predicted molar refractivity (Wildman–Crippen MR) is 117 cm³/mol. The second-order valence-corrected chi connectivity index (χ2v) is 8.03. The zero-order chi connectivity index (χ0) is 22.1. The first-order valence-electron chi connectivity index (χ1n) is 10.2. The van der Waals surface area contributed by atoms with Crippen LogP contribution in [0.3, 0.4) is 0 Å². The van der Waals surface area contributed by atoms with Crippen LogP contribution in [-0.4, -0.2) is 45.4 Å². The minimum absolute atomic E-state index is 0.0352. The molecule has 1 aliphatic heterocycles. The van der Waals surface area contributed by atoms with Gasteiger partial charge in [0, 0.05) is 19.5 Å². The number of hydrogen-bond acceptors (Lipinski definition) is 5. The van der Waals surface area contributed by atoms with Crippen LogP contribution < -0.4 is 10.2 Å². The standard InChI is InChI=1S/C24H25N3O4/c1-15(2)31-18-11-7-10-17(12-18)21(16-8-5-4-6-9-16)19-14-26(3)24(30)22-23(29)20(28)13-25-27(19)22/h4-13,15,19,21,29H,14H2,1-3H3. The number of ether oxygens (including phenoxy) is 1. The third-order valence-electron chi connectivity index (χ3n) is 5.44. The molecule has 4 rings (SSSR count). The van der Waals surface area contributed by atoms with Crippen LogP contribution in [0.5, 0.6) is 11.5 Å². The Morgan fingerprint density at radius 3 is 2.48 bits per heavy atom. The summed E-state index contributed by atoms with van der Waals surface area (Å²) in [5, 5.41) is 14.6. The zero-order valence-electron chi connectivity index (χ0n) is 17.7. The van der Waals surface area contributed by atoms with Crippen molar-refractivity contribution in [3.05, 3.63) is 87.8 Å². The molecule has 0 spiro atoms. The average Bonchev–Trinajstić information content (AvgIpc) is 2.74. The number of likely N-dealkylation sites (N-methyl/N-ethyl adjacent to an activating group) is 1. The number of amides is 1. The maximum absolute atomic E-state index is 12.8. The topological polar surface area (TPSA) is 84.7 Å². The minimum atomic E-state index is -0.669. The van der Waals surface area contributed by atoms with Crippen LogP contribution in [-0.2, 0) is 0 Å². The van der Waals surface area contributed by atoms with Gasteiger partial charge in [-0.15, -0.1) is 0 Å². The Labute approximate surface area is 180 Å². The lowest BCUT2D eigenvalue weighted by Gasteiger charge is -2.37. The maximum atomic E-state index is 12.8. The van der Waals surface area contributed by atoms with E-state index in [1.807, 2.05) is 68.4 Å². The first-order valence-corrected chi connectivity index (χ1v) is 10.2. The Kier molecular flexibility index (Phi) is 5.50. The Morgan fingerprint density at radius 1 is 1.06 bits per heavy atom. The molecule has 0 saturated carbocycles. The molecule has 1 N–H and O–H groups in total. The maximum Gasteiger partial charge on any atom is 0.275 e. The van der Waals surface area contributed by atoms with Gasteiger partial charge in [0.15, 0.2) is 11.4 Å². The number of carbonyl (C=O) groups is 1. The van der Waals surface area contributed by atoms with Crippen LogP contribution >= 0.6 is 0 Å². The molecule has 1 aliphatic rings. The summed E-state index contributed by atoms with van der Waals surface area (Å²) < 4.78 is 7.40. The lowest BCUT2D eigenvalue weighted by Crippen LogP contribution is -2.45. The average molecular weight is 419 g/mol. The number of rotatable bonds is 5. The van der Waals surface area contributed by atoms with Crippen LogP contribution in [0.4, 0.5) is 0 Å². The molecule has 2 atom stereocenters. The van der Waals surface area contributed by atoms with Crippen molar-refractivity contribution < 1.29 is 14.6 Å². The predicted octanol–water partition coefficient (Wildman–Crippen LogP) is 3.19. The fourth-order valence-corrected chi connectivity index (χ4v) is 4.13. The van der Waals surface area contributed by atoms with Gasteiger partial charge >= 0.3 is 0 Å². The molecule has 2 heterocycles. The molecule has 7 heteroatoms. The molecule has 0 bridgehead atoms. The van der Waals surface area contributed by atoms with Crippen LogP contribution in [0.1, 0.15) is 47.4 Å². The molecule has 31 heavy (non-hydrogen) atoms. The third-order valence-corrected chi connectivity index (χ3v) is 5.44. The molecule has 0 fully saturated rings. The van der Waals surface area contributed by atoms with E-state index in [1.165, 1.54) is 9.58 Å². The van der Waals surface area contributed by atoms with Crippen LogP contribution in [0.15, 0.2) is 65.6 Å². The van der Waals surface area contributed by atoms with E-state index in [4.69, 9.17) is 4.74 Å². The van der Waals surface area contributed by atoms with Crippen molar-refractivity contribution in [1.82, 2.24) is 14.7 Å². The van der Waals surface area contributed by atoms with E-state index < -0.39 is 17.1 Å². The first-order chi connectivity index (χ1) is 14.9. The molecule has 1 aromatic heterocycles. The number of fused-ring (bicyclic) bond motifs is 1. The van der Waals surface area contributed by atoms with Crippen molar-refractivity contribution in [3.8, 4) is 11.5 Å². The molecule has 7 nitrogen and oxygen atoms in total. The van der Waals surface area contributed by atoms with Crippen LogP contribution in [0.25, 0.3) is 0 Å². The Hall–Kier alpha value is -3.61. The summed E-state index contributed by atoms with van der Waals surface area (Å²) in [6, 6.07) is 17.5. The lowest BCUT2D eigenvalue weighted by atomic mass is 9.83. The summed E-state index contributed by atoms with van der Waals surface area (Å²) in [5.41, 5.74) is 1.27. The molecule has 0 saturated heterocycles. The van der Waals surface area contributed by atoms with Gasteiger partial charge in [0.2, 0.25) is 5.43 Å². The van der Waals surface area contributed by atoms with E-state index in [-0.39, 0.29) is 23.8 Å². The molecule has 2 aromatic carbocycles. The van der Waals surface area contributed by atoms with Gasteiger partial charge in [0.1, 0.15) is 5.75 Å². The highest BCUT2D eigenvalue weighted by Crippen LogP contribution is 2.39. The normalized spacial score (nSPS) is 16.8. The molecule has 3 aromatic rings. The summed E-state index contributed by atoms with van der Waals surface area (Å²) >= 11 is 0. The van der Waals surface area contributed by atoms with E-state index >= 15 is 0 Å². The Morgan fingerprint density at radius 2 is 1.77 bits per heavy atom. The largest absolute Gasteiger partial charge is 0.502 e. The van der Waals surface area contributed by atoms with Gasteiger partial charge in [0.05, 0.1) is 18.3 Å². The molecular formula is C24H25N3O4. The van der Waals surface area contributed by atoms with E-state index in [0.717, 1.165) is 23.1 Å². The van der Waals surface area contributed by atoms with Crippen molar-refractivity contribution in [2.24, 2.45) is 0 Å². The molecule has 2 unspecified atom stereocenters. The van der Waals surface area contributed by atoms with Gasteiger partial charge < -0.3 is 14.7 Å². The van der Waals surface area contributed by atoms with Crippen molar-refractivity contribution >= 4 is 5.91 Å². The summed E-state index contributed by atoms with van der Waals surface area (Å²) in [5.74, 6) is -0.437. The van der Waals surface area contributed by atoms with Crippen molar-refractivity contribution in [2.75, 3.05) is 13.6 Å². The van der Waals surface area contributed by atoms with Crippen molar-refractivity contribution in [3.63, 3.8) is 0 Å². The van der Waals surface area contributed by atoms with Gasteiger partial charge in [-0.3, -0.25) is 14.3 Å². The number of hydrogen-bond donors (Lipinski definition) is 1. The highest BCUT2D eigenvalue weighted by molar-refractivity contribution is 5.95. The minimum Gasteiger partial charge on any atom is -0.502 e. The van der Waals surface area contributed by atoms with E-state index in [9.17, 15) is 14.7 Å². The van der Waals surface area contributed by atoms with Crippen molar-refractivity contribution in [2.45, 2.75) is 31.9 Å². The highest BCUT2D eigenvalue weighted by Gasteiger charge is 2.38. The third kappa shape index (κ3) is 3.91. The van der Waals surface area contributed by atoms with Gasteiger partial charge in [-0.25, -0.2) is 0 Å². The number of carbonyl (C=O) groups excluding carboxylic acids is 1. The first kappa shape index (κ1) is 20.7. The molecule has 0 radical (unpaired) electrons. The number of aromatic hydroxyl groups is 1. The van der Waals surface area contributed by atoms with Crippen LogP contribution in [0.2, 0.25) is 0 Å². The van der Waals surface area contributed by atoms with Gasteiger partial charge in [0.25, 0.3) is 5.91 Å². The molecule has 0 aliphatic carbocycles. The smallest absolute Gasteiger partial charge is 0.275 e. The Balaban J connectivity index is 1.90. The summed E-state index contributed by atoms with van der Waals surface area (Å²) in [4.78, 5) is 26.3. The molecule has 1 amide bonds. The molecule has 160 valence electrons. The van der Waals surface area contributed by atoms with E-state index in [2.05, 4.69) is 5.10 Å². The second kappa shape index (κ2) is 8.26. The SMILES string of the molecule is CC(C)Oc1cccc(C(c2ccccc2)C2CN(C)C(=O)c3c(O)c(=O)cnn32)c1. The van der Waals surface area contributed by atoms with Gasteiger partial charge in [-0.2, -0.15) is 5.10 Å². The number of nitrogens with zero attached hydrogens (tertiary/aromatic N) is 3. The lowest BCUT2D eigenvalue weighted by molar-refractivity contribution is 0.0686. The zero-order valence-corrected chi connectivity index (χ0v) is 17.7. The van der Waals surface area contributed by atoms with Crippen LogP contribution in [0, 0.1) is 0 Å². The quantitative estimate of drug-likeness (QED) is 0.687. The summed E-state index contributed by atoms with van der Waals surface area (Å²) in [7, 11) is 1.66. The molecular weight excluding hydrogens is 394 g/mol. The number of aromatic nitrogens is 2. The monoisotopic (exact) mass is 419 g/mol. The van der Waals surface area contributed by atoms with E-state index in [1.54, 1.807) is 7.05 Å². The second-order valence-electron chi connectivity index (χ2n) is 8.03. The summed E-state index contributed by atoms with van der Waals surface area (Å²) in [6.07, 6.45) is 1.10. The van der Waals surface area contributed by atoms with Gasteiger partial charge in [-0.1, -0.05) is 42.5 Å². The van der Waals surface area contributed by atoms with Crippen molar-refractivity contribution in [1.29, 1.82) is 0 Å². The highest BCUT2D eigenvalue weighted by atomic mass is 16.5. The number of benzene rings is 2. The fourth-order valence-electron chi connectivity index (χ4n) is 4.13. The van der Waals surface area contributed by atoms with Gasteiger partial charge in [-0.05, 0) is 37.1 Å². The Bertz CT molecular complexity index is 1160. The summed E-state index contributed by atoms with van der Waals surface area (Å²) in [6.45, 7) is 4.32. The fraction of sp³-hybridized carbons (Fsp3) is 0.292. The van der Waals surface area contributed by atoms with E-state index in [0.29, 0.717) is 6.54 Å².